The van der Waals surface area contributed by atoms with Crippen LogP contribution < -0.4 is 10.1 Å². The normalized spacial score (nSPS) is 16.0. The third kappa shape index (κ3) is 2.44. The van der Waals surface area contributed by atoms with Crippen LogP contribution in [0.2, 0.25) is 0 Å². The van der Waals surface area contributed by atoms with Gasteiger partial charge in [-0.1, -0.05) is 11.8 Å². The van der Waals surface area contributed by atoms with E-state index < -0.39 is 11.2 Å². The SMILES string of the molecule is COc1ncnc2c1NC(OC)c1cc([N+](=O)[O-])ccc1S2. The first kappa shape index (κ1) is 14.5. The van der Waals surface area contributed by atoms with E-state index in [-0.39, 0.29) is 5.69 Å². The molecule has 9 heteroatoms. The van der Waals surface area contributed by atoms with Gasteiger partial charge in [-0.15, -0.1) is 0 Å². The summed E-state index contributed by atoms with van der Waals surface area (Å²) >= 11 is 1.38. The van der Waals surface area contributed by atoms with E-state index >= 15 is 0 Å². The third-order valence-corrected chi connectivity index (χ3v) is 4.27. The molecule has 1 aliphatic heterocycles. The second kappa shape index (κ2) is 5.78. The van der Waals surface area contributed by atoms with Gasteiger partial charge in [-0.05, 0) is 6.07 Å². The Labute approximate surface area is 130 Å². The summed E-state index contributed by atoms with van der Waals surface area (Å²) in [5.41, 5.74) is 1.27. The first-order valence-corrected chi connectivity index (χ1v) is 7.10. The van der Waals surface area contributed by atoms with Crippen molar-refractivity contribution in [1.29, 1.82) is 0 Å². The molecule has 1 aliphatic rings. The van der Waals surface area contributed by atoms with Crippen LogP contribution in [0, 0.1) is 10.1 Å². The Balaban J connectivity index is 2.13. The maximum Gasteiger partial charge on any atom is 0.269 e. The lowest BCUT2D eigenvalue weighted by molar-refractivity contribution is -0.385. The van der Waals surface area contributed by atoms with Gasteiger partial charge < -0.3 is 14.8 Å². The van der Waals surface area contributed by atoms with E-state index in [1.165, 1.54) is 44.4 Å². The van der Waals surface area contributed by atoms with Crippen LogP contribution in [0.15, 0.2) is 34.4 Å². The first-order valence-electron chi connectivity index (χ1n) is 6.28. The number of rotatable bonds is 3. The first-order chi connectivity index (χ1) is 10.6. The zero-order chi connectivity index (χ0) is 15.7. The summed E-state index contributed by atoms with van der Waals surface area (Å²) in [6.07, 6.45) is 0.841. The van der Waals surface area contributed by atoms with E-state index in [9.17, 15) is 10.1 Å². The highest BCUT2D eigenvalue weighted by atomic mass is 32.2. The van der Waals surface area contributed by atoms with Crippen molar-refractivity contribution in [2.75, 3.05) is 19.5 Å². The summed E-state index contributed by atoms with van der Waals surface area (Å²) in [5.74, 6) is 0.391. The molecule has 3 rings (SSSR count). The maximum atomic E-state index is 11.0. The lowest BCUT2D eigenvalue weighted by atomic mass is 10.1. The number of fused-ring (bicyclic) bond motifs is 2. The Morgan fingerprint density at radius 1 is 1.36 bits per heavy atom. The molecule has 1 N–H and O–H groups in total. The number of ether oxygens (including phenoxy) is 2. The Bertz CT molecular complexity index is 740. The molecule has 0 bridgehead atoms. The quantitative estimate of drug-likeness (QED) is 0.523. The highest BCUT2D eigenvalue weighted by Crippen LogP contribution is 2.44. The molecule has 0 saturated carbocycles. The fraction of sp³-hybridized carbons (Fsp3) is 0.231. The highest BCUT2D eigenvalue weighted by Gasteiger charge is 2.27. The number of benzene rings is 1. The summed E-state index contributed by atoms with van der Waals surface area (Å²) in [6.45, 7) is 0. The standard InChI is InChI=1S/C13H12N4O4S/c1-20-11-8-5-7(17(18)19)3-4-9(8)22-13-10(16-11)12(21-2)14-6-15-13/h3-6,11,16H,1-2H3. The van der Waals surface area contributed by atoms with Crippen LogP contribution >= 0.6 is 11.8 Å². The number of aromatic nitrogens is 2. The van der Waals surface area contributed by atoms with Crippen LogP contribution in [0.25, 0.3) is 0 Å². The van der Waals surface area contributed by atoms with Crippen molar-refractivity contribution in [2.24, 2.45) is 0 Å². The number of nitro groups is 1. The molecule has 1 unspecified atom stereocenters. The average Bonchev–Trinajstić information content (AvgIpc) is 2.69. The number of hydrogen-bond donors (Lipinski definition) is 1. The van der Waals surface area contributed by atoms with Crippen molar-refractivity contribution in [2.45, 2.75) is 16.1 Å². The number of methoxy groups -OCH3 is 2. The van der Waals surface area contributed by atoms with Crippen molar-refractivity contribution in [1.82, 2.24) is 9.97 Å². The monoisotopic (exact) mass is 320 g/mol. The predicted octanol–water partition coefficient (Wildman–Crippen LogP) is 2.62. The van der Waals surface area contributed by atoms with Crippen LogP contribution in [-0.2, 0) is 4.74 Å². The van der Waals surface area contributed by atoms with Crippen LogP contribution in [0.4, 0.5) is 11.4 Å². The molecule has 2 heterocycles. The van der Waals surface area contributed by atoms with Crippen LogP contribution in [0.3, 0.4) is 0 Å². The molecule has 0 aliphatic carbocycles. The van der Waals surface area contributed by atoms with Crippen molar-refractivity contribution in [3.8, 4) is 5.88 Å². The summed E-state index contributed by atoms with van der Waals surface area (Å²) in [5, 5.41) is 14.8. The molecule has 22 heavy (non-hydrogen) atoms. The molecule has 8 nitrogen and oxygen atoms in total. The summed E-state index contributed by atoms with van der Waals surface area (Å²) in [4.78, 5) is 19.7. The van der Waals surface area contributed by atoms with Gasteiger partial charge in [-0.25, -0.2) is 4.98 Å². The third-order valence-electron chi connectivity index (χ3n) is 3.18. The minimum atomic E-state index is -0.566. The maximum absolute atomic E-state index is 11.0. The molecular formula is C13H12N4O4S. The van der Waals surface area contributed by atoms with Crippen LogP contribution in [0.1, 0.15) is 11.8 Å². The van der Waals surface area contributed by atoms with Gasteiger partial charge in [0.1, 0.15) is 17.0 Å². The molecule has 0 fully saturated rings. The van der Waals surface area contributed by atoms with Gasteiger partial charge in [0.2, 0.25) is 5.88 Å². The number of non-ortho nitro benzene ring substituents is 1. The predicted molar refractivity (Wildman–Crippen MR) is 79.2 cm³/mol. The van der Waals surface area contributed by atoms with E-state index in [1.54, 1.807) is 6.07 Å². The Morgan fingerprint density at radius 2 is 2.18 bits per heavy atom. The minimum Gasteiger partial charge on any atom is -0.479 e. The van der Waals surface area contributed by atoms with E-state index in [4.69, 9.17) is 9.47 Å². The molecule has 0 amide bonds. The Kier molecular flexibility index (Phi) is 3.82. The van der Waals surface area contributed by atoms with Gasteiger partial charge in [-0.3, -0.25) is 10.1 Å². The molecule has 2 aromatic rings. The molecule has 1 aromatic carbocycles. The fourth-order valence-corrected chi connectivity index (χ4v) is 3.13. The molecule has 0 spiro atoms. The van der Waals surface area contributed by atoms with E-state index in [0.717, 1.165) is 4.90 Å². The fourth-order valence-electron chi connectivity index (χ4n) is 2.16. The Hall–Kier alpha value is -2.39. The van der Waals surface area contributed by atoms with Crippen molar-refractivity contribution >= 4 is 23.1 Å². The number of anilines is 1. The summed E-state index contributed by atoms with van der Waals surface area (Å²) in [7, 11) is 3.03. The molecular weight excluding hydrogens is 308 g/mol. The van der Waals surface area contributed by atoms with E-state index in [1.807, 2.05) is 0 Å². The van der Waals surface area contributed by atoms with Crippen molar-refractivity contribution < 1.29 is 14.4 Å². The van der Waals surface area contributed by atoms with Gasteiger partial charge in [0.25, 0.3) is 5.69 Å². The lowest BCUT2D eigenvalue weighted by Gasteiger charge is -2.18. The van der Waals surface area contributed by atoms with E-state index in [0.29, 0.717) is 22.2 Å². The summed E-state index contributed by atoms with van der Waals surface area (Å²) in [6, 6.07) is 4.65. The van der Waals surface area contributed by atoms with Gasteiger partial charge in [0.15, 0.2) is 6.23 Å². The molecule has 0 saturated heterocycles. The zero-order valence-corrected chi connectivity index (χ0v) is 12.6. The van der Waals surface area contributed by atoms with Gasteiger partial charge >= 0.3 is 0 Å². The smallest absolute Gasteiger partial charge is 0.269 e. The van der Waals surface area contributed by atoms with Crippen LogP contribution in [0.5, 0.6) is 5.88 Å². The minimum absolute atomic E-state index is 0.00667. The molecule has 114 valence electrons. The second-order valence-corrected chi connectivity index (χ2v) is 5.44. The van der Waals surface area contributed by atoms with Crippen LogP contribution in [-0.4, -0.2) is 29.1 Å². The molecule has 0 radical (unpaired) electrons. The molecule has 1 atom stereocenters. The average molecular weight is 320 g/mol. The second-order valence-electron chi connectivity index (χ2n) is 4.40. The number of nitrogens with one attached hydrogen (secondary N) is 1. The van der Waals surface area contributed by atoms with Gasteiger partial charge in [-0.2, -0.15) is 4.98 Å². The Morgan fingerprint density at radius 3 is 2.86 bits per heavy atom. The highest BCUT2D eigenvalue weighted by molar-refractivity contribution is 7.99. The lowest BCUT2D eigenvalue weighted by Crippen LogP contribution is -2.14. The van der Waals surface area contributed by atoms with E-state index in [2.05, 4.69) is 15.3 Å². The van der Waals surface area contributed by atoms with Gasteiger partial charge in [0.05, 0.1) is 12.0 Å². The number of hydrogen-bond acceptors (Lipinski definition) is 8. The topological polar surface area (TPSA) is 99.4 Å². The summed E-state index contributed by atoms with van der Waals surface area (Å²) < 4.78 is 10.7. The van der Waals surface area contributed by atoms with Crippen molar-refractivity contribution in [3.05, 3.63) is 40.2 Å². The molecule has 1 aromatic heterocycles. The van der Waals surface area contributed by atoms with Gasteiger partial charge in [0, 0.05) is 29.7 Å². The largest absolute Gasteiger partial charge is 0.479 e. The number of nitro benzene ring substituents is 1. The zero-order valence-electron chi connectivity index (χ0n) is 11.8. The van der Waals surface area contributed by atoms with Crippen molar-refractivity contribution in [3.63, 3.8) is 0 Å². The number of nitrogens with zero attached hydrogens (tertiary/aromatic N) is 3.